The highest BCUT2D eigenvalue weighted by atomic mass is 32.1. The van der Waals surface area contributed by atoms with Crippen molar-refractivity contribution in [1.29, 1.82) is 5.26 Å². The van der Waals surface area contributed by atoms with Gasteiger partial charge in [0.05, 0.1) is 23.9 Å². The Bertz CT molecular complexity index is 1200. The summed E-state index contributed by atoms with van der Waals surface area (Å²) in [5.41, 5.74) is -0.802. The molecule has 0 bridgehead atoms. The van der Waals surface area contributed by atoms with Crippen molar-refractivity contribution in [3.05, 3.63) is 53.6 Å². The topological polar surface area (TPSA) is 94.9 Å². The third kappa shape index (κ3) is 7.28. The first-order valence-electron chi connectivity index (χ1n) is 12.7. The zero-order valence-electron chi connectivity index (χ0n) is 22.0. The highest BCUT2D eigenvalue weighted by Gasteiger charge is 2.50. The molecule has 0 spiro atoms. The summed E-state index contributed by atoms with van der Waals surface area (Å²) in [6, 6.07) is 12.8. The number of amides is 2. The van der Waals surface area contributed by atoms with Gasteiger partial charge in [0.1, 0.15) is 11.3 Å². The van der Waals surface area contributed by atoms with Gasteiger partial charge in [-0.25, -0.2) is 8.78 Å². The number of nitrogens with one attached hydrogen (secondary N) is 1. The molecule has 3 rings (SSSR count). The van der Waals surface area contributed by atoms with E-state index >= 15 is 0 Å². The van der Waals surface area contributed by atoms with Gasteiger partial charge in [0.2, 0.25) is 6.41 Å². The molecule has 2 aromatic rings. The van der Waals surface area contributed by atoms with Crippen LogP contribution in [0.25, 0.3) is 0 Å². The molecule has 1 heterocycles. The molecule has 8 nitrogen and oxygen atoms in total. The Morgan fingerprint density at radius 1 is 1.05 bits per heavy atom. The number of benzene rings is 2. The smallest absolute Gasteiger partial charge is 0.265 e. The van der Waals surface area contributed by atoms with Crippen LogP contribution in [0.5, 0.6) is 5.75 Å². The molecule has 0 aromatic heterocycles. The predicted molar refractivity (Wildman–Crippen MR) is 148 cm³/mol. The SMILES string of the molecule is CC1(C)C(=O)N(c2ccc(C#N)c(C(F)F)c2)C(=S)N1c1ccc(OCCCCCOCCCNC=O)cc1. The molecule has 1 N–H and O–H groups in total. The van der Waals surface area contributed by atoms with Gasteiger partial charge in [-0.15, -0.1) is 0 Å². The van der Waals surface area contributed by atoms with E-state index in [1.807, 2.05) is 0 Å². The highest BCUT2D eigenvalue weighted by Crippen LogP contribution is 2.38. The molecule has 1 aliphatic rings. The van der Waals surface area contributed by atoms with Crippen molar-refractivity contribution in [2.75, 3.05) is 36.2 Å². The molecule has 2 amide bonds. The Morgan fingerprint density at radius 3 is 2.38 bits per heavy atom. The summed E-state index contributed by atoms with van der Waals surface area (Å²) in [6.07, 6.45) is 1.36. The number of nitrogens with zero attached hydrogens (tertiary/aromatic N) is 3. The number of carbonyl (C=O) groups excluding carboxylic acids is 2. The quantitative estimate of drug-likeness (QED) is 0.184. The van der Waals surface area contributed by atoms with Crippen LogP contribution in [-0.2, 0) is 14.3 Å². The summed E-state index contributed by atoms with van der Waals surface area (Å²) in [5.74, 6) is 0.316. The Morgan fingerprint density at radius 2 is 1.72 bits per heavy atom. The summed E-state index contributed by atoms with van der Waals surface area (Å²) in [6.45, 7) is 5.89. The van der Waals surface area contributed by atoms with Crippen molar-refractivity contribution in [3.8, 4) is 11.8 Å². The predicted octanol–water partition coefficient (Wildman–Crippen LogP) is 5.11. The van der Waals surface area contributed by atoms with E-state index in [4.69, 9.17) is 27.0 Å². The maximum atomic E-state index is 13.5. The molecule has 0 aliphatic carbocycles. The lowest BCUT2D eigenvalue weighted by Gasteiger charge is -2.29. The molecule has 0 radical (unpaired) electrons. The molecule has 2 aromatic carbocycles. The van der Waals surface area contributed by atoms with Crippen molar-refractivity contribution in [1.82, 2.24) is 5.32 Å². The molecular weight excluding hydrogens is 526 g/mol. The van der Waals surface area contributed by atoms with Crippen molar-refractivity contribution >= 4 is 41.0 Å². The van der Waals surface area contributed by atoms with Crippen molar-refractivity contribution in [2.24, 2.45) is 0 Å². The van der Waals surface area contributed by atoms with Crippen LogP contribution in [0.4, 0.5) is 20.2 Å². The first-order chi connectivity index (χ1) is 18.7. The van der Waals surface area contributed by atoms with E-state index in [1.54, 1.807) is 49.1 Å². The lowest BCUT2D eigenvalue weighted by atomic mass is 10.0. The number of ether oxygens (including phenoxy) is 2. The zero-order chi connectivity index (χ0) is 28.4. The third-order valence-electron chi connectivity index (χ3n) is 6.31. The summed E-state index contributed by atoms with van der Waals surface area (Å²) >= 11 is 5.63. The summed E-state index contributed by atoms with van der Waals surface area (Å²) in [7, 11) is 0. The molecule has 0 atom stereocenters. The zero-order valence-corrected chi connectivity index (χ0v) is 22.8. The number of hydrogen-bond donors (Lipinski definition) is 1. The minimum absolute atomic E-state index is 0.147. The largest absolute Gasteiger partial charge is 0.494 e. The highest BCUT2D eigenvalue weighted by molar-refractivity contribution is 7.81. The van der Waals surface area contributed by atoms with E-state index in [2.05, 4.69) is 5.32 Å². The van der Waals surface area contributed by atoms with Gasteiger partial charge in [0, 0.05) is 31.0 Å². The fourth-order valence-electron chi connectivity index (χ4n) is 4.23. The van der Waals surface area contributed by atoms with Crippen LogP contribution in [0.3, 0.4) is 0 Å². The van der Waals surface area contributed by atoms with E-state index in [1.165, 1.54) is 17.0 Å². The minimum atomic E-state index is -2.86. The standard InChI is InChI=1S/C28H32F2N4O4S/c1-28(2)26(36)33(22-8-7-20(18-31)24(17-22)25(29)30)27(39)34(28)21-9-11-23(12-10-21)38-16-5-3-4-14-37-15-6-13-32-19-35/h7-12,17,19,25H,3-6,13-16H2,1-2H3,(H,32,35). The second kappa shape index (κ2) is 14.0. The Kier molecular flexibility index (Phi) is 10.7. The van der Waals surface area contributed by atoms with Crippen LogP contribution in [0.1, 0.15) is 57.1 Å². The number of rotatable bonds is 15. The average molecular weight is 559 g/mol. The van der Waals surface area contributed by atoms with E-state index in [0.717, 1.165) is 31.7 Å². The van der Waals surface area contributed by atoms with Crippen LogP contribution in [-0.4, -0.2) is 49.3 Å². The normalized spacial score (nSPS) is 14.6. The number of unbranched alkanes of at least 4 members (excludes halogenated alkanes) is 2. The van der Waals surface area contributed by atoms with Crippen molar-refractivity contribution < 1.29 is 27.8 Å². The van der Waals surface area contributed by atoms with Gasteiger partial charge in [-0.2, -0.15) is 5.26 Å². The maximum absolute atomic E-state index is 13.5. The molecule has 0 saturated carbocycles. The second-order valence-corrected chi connectivity index (χ2v) is 9.81. The summed E-state index contributed by atoms with van der Waals surface area (Å²) in [4.78, 5) is 26.4. The van der Waals surface area contributed by atoms with Gasteiger partial charge < -0.3 is 19.7 Å². The monoisotopic (exact) mass is 558 g/mol. The molecule has 0 unspecified atom stereocenters. The molecule has 1 fully saturated rings. The van der Waals surface area contributed by atoms with Crippen LogP contribution in [0.2, 0.25) is 0 Å². The van der Waals surface area contributed by atoms with E-state index in [9.17, 15) is 18.4 Å². The van der Waals surface area contributed by atoms with Crippen LogP contribution in [0.15, 0.2) is 42.5 Å². The maximum Gasteiger partial charge on any atom is 0.265 e. The molecular formula is C28H32F2N4O4S. The number of anilines is 2. The fourth-order valence-corrected chi connectivity index (χ4v) is 4.75. The van der Waals surface area contributed by atoms with E-state index in [-0.39, 0.29) is 22.3 Å². The minimum Gasteiger partial charge on any atom is -0.494 e. The third-order valence-corrected chi connectivity index (χ3v) is 6.67. The average Bonchev–Trinajstić information content (AvgIpc) is 3.10. The molecule has 39 heavy (non-hydrogen) atoms. The number of carbonyl (C=O) groups is 2. The molecule has 208 valence electrons. The number of alkyl halides is 2. The Balaban J connectivity index is 1.56. The number of nitriles is 1. The first kappa shape index (κ1) is 29.9. The van der Waals surface area contributed by atoms with Gasteiger partial charge in [-0.05, 0) is 94.2 Å². The summed E-state index contributed by atoms with van der Waals surface area (Å²) in [5, 5.41) is 11.9. The Hall–Kier alpha value is -3.62. The first-order valence-corrected chi connectivity index (χ1v) is 13.1. The number of hydrogen-bond acceptors (Lipinski definition) is 6. The van der Waals surface area contributed by atoms with Crippen molar-refractivity contribution in [2.45, 2.75) is 51.5 Å². The molecule has 1 aliphatic heterocycles. The second-order valence-electron chi connectivity index (χ2n) is 9.44. The van der Waals surface area contributed by atoms with Crippen LogP contribution >= 0.6 is 12.2 Å². The fraction of sp³-hybridized carbons (Fsp3) is 0.429. The van der Waals surface area contributed by atoms with Crippen LogP contribution in [0, 0.1) is 11.3 Å². The number of halogens is 2. The summed E-state index contributed by atoms with van der Waals surface area (Å²) < 4.78 is 38.4. The lowest BCUT2D eigenvalue weighted by Crippen LogP contribution is -2.44. The van der Waals surface area contributed by atoms with Crippen molar-refractivity contribution in [3.63, 3.8) is 0 Å². The van der Waals surface area contributed by atoms with Gasteiger partial charge in [-0.3, -0.25) is 14.5 Å². The van der Waals surface area contributed by atoms with Crippen LogP contribution < -0.4 is 19.9 Å². The van der Waals surface area contributed by atoms with Gasteiger partial charge in [0.25, 0.3) is 12.3 Å². The Labute approximate surface area is 232 Å². The number of thiocarbonyl (C=S) groups is 1. The molecule has 1 saturated heterocycles. The lowest BCUT2D eigenvalue weighted by molar-refractivity contribution is -0.120. The van der Waals surface area contributed by atoms with Gasteiger partial charge in [0.15, 0.2) is 5.11 Å². The van der Waals surface area contributed by atoms with E-state index < -0.39 is 17.5 Å². The van der Waals surface area contributed by atoms with E-state index in [0.29, 0.717) is 44.2 Å². The van der Waals surface area contributed by atoms with Gasteiger partial charge >= 0.3 is 0 Å². The molecule has 11 heteroatoms. The van der Waals surface area contributed by atoms with Gasteiger partial charge in [-0.1, -0.05) is 0 Å².